The van der Waals surface area contributed by atoms with Crippen LogP contribution in [0.4, 0.5) is 26.3 Å². The zero-order valence-corrected chi connectivity index (χ0v) is 41.2. The minimum absolute atomic E-state index is 0.0339. The van der Waals surface area contributed by atoms with Crippen molar-refractivity contribution in [2.45, 2.75) is 91.6 Å². The van der Waals surface area contributed by atoms with Gasteiger partial charge < -0.3 is 19.3 Å². The van der Waals surface area contributed by atoms with Crippen LogP contribution < -0.4 is 14.2 Å². The van der Waals surface area contributed by atoms with E-state index < -0.39 is 34.7 Å². The van der Waals surface area contributed by atoms with Crippen LogP contribution in [0.5, 0.6) is 23.5 Å². The Morgan fingerprint density at radius 1 is 0.606 bits per heavy atom. The number of aromatic hydroxyl groups is 1. The van der Waals surface area contributed by atoms with Gasteiger partial charge in [0.2, 0.25) is 0 Å². The van der Waals surface area contributed by atoms with E-state index in [-0.39, 0.29) is 67.0 Å². The molecule has 2 aromatic heterocycles. The molecule has 1 atom stereocenters. The Labute approximate surface area is 416 Å². The van der Waals surface area contributed by atoms with Crippen LogP contribution in [0.15, 0.2) is 84.9 Å². The van der Waals surface area contributed by atoms with Gasteiger partial charge in [-0.15, -0.1) is 0 Å². The van der Waals surface area contributed by atoms with Crippen LogP contribution in [-0.4, -0.2) is 79.3 Å². The summed E-state index contributed by atoms with van der Waals surface area (Å²) in [4.78, 5) is 50.7. The van der Waals surface area contributed by atoms with Gasteiger partial charge in [0.1, 0.15) is 33.9 Å². The molecular formula is C51H50Cl2F6N6O6. The maximum atomic E-state index is 13.2. The lowest BCUT2D eigenvalue weighted by Gasteiger charge is -2.26. The second-order valence-corrected chi connectivity index (χ2v) is 18.7. The highest BCUT2D eigenvalue weighted by Crippen LogP contribution is 2.41. The Morgan fingerprint density at radius 3 is 1.35 bits per heavy atom. The van der Waals surface area contributed by atoms with E-state index in [9.17, 15) is 41.0 Å². The van der Waals surface area contributed by atoms with Gasteiger partial charge in [0.05, 0.1) is 30.4 Å². The molecule has 71 heavy (non-hydrogen) atoms. The number of carbonyl (C=O) groups excluding carboxylic acids is 2. The average Bonchev–Trinajstić information content (AvgIpc) is 4.19. The van der Waals surface area contributed by atoms with E-state index in [0.717, 1.165) is 33.4 Å². The first kappa shape index (κ1) is 53.9. The summed E-state index contributed by atoms with van der Waals surface area (Å²) in [6, 6.07) is 23.5. The van der Waals surface area contributed by atoms with E-state index in [4.69, 9.17) is 37.4 Å². The van der Waals surface area contributed by atoms with Crippen molar-refractivity contribution in [2.24, 2.45) is 16.7 Å². The number of benzene rings is 4. The van der Waals surface area contributed by atoms with Gasteiger partial charge in [0.25, 0.3) is 0 Å². The van der Waals surface area contributed by atoms with E-state index in [2.05, 4.69) is 36.8 Å². The molecule has 1 fully saturated rings. The van der Waals surface area contributed by atoms with E-state index in [1.807, 2.05) is 24.3 Å². The second-order valence-electron chi connectivity index (χ2n) is 17.9. The summed E-state index contributed by atoms with van der Waals surface area (Å²) in [5.41, 5.74) is -1.44. The molecule has 1 aliphatic carbocycles. The molecule has 0 bridgehead atoms. The number of alkyl halides is 6. The first-order chi connectivity index (χ1) is 33.3. The van der Waals surface area contributed by atoms with Gasteiger partial charge in [-0.05, 0) is 150 Å². The average molecular weight is 1030 g/mol. The topological polar surface area (TPSA) is 159 Å². The van der Waals surface area contributed by atoms with Crippen LogP contribution in [0, 0.1) is 16.7 Å². The fraction of sp³-hybridized carbons (Fsp3) is 0.373. The van der Waals surface area contributed by atoms with Crippen molar-refractivity contribution in [3.8, 4) is 69.1 Å². The molecular weight excluding hydrogens is 977 g/mol. The minimum Gasteiger partial charge on any atom is -0.508 e. The third-order valence-electron chi connectivity index (χ3n) is 12.1. The minimum atomic E-state index is -4.62. The standard InChI is InChI=1S/C28H29ClF3N3O3.C23H21ClF3N3O3/c1-16(18-7-8-18)38-20-11-9-19(10-12-20)24-33-25(35-26(34-24)37-4)21-15-17(5-13-22(21)29)6-14-23(36)27(2,3)28(30,31)32;1-22(2,23(25,26)27)18(32)11-5-13-4-10-17(24)16(12-13)20-28-19(29-21(30-20)33-3)14-6-8-15(31)9-7-14/h5,9-13,15-16,18H,6-8,14H2,1-4H3;4,6-10,12,31H,5,11H2,1-3H3/t16-;/m0./s1. The number of ketones is 2. The van der Waals surface area contributed by atoms with Crippen LogP contribution in [0.3, 0.4) is 0 Å². The van der Waals surface area contributed by atoms with Crippen molar-refractivity contribution in [2.75, 3.05) is 14.2 Å². The van der Waals surface area contributed by atoms with Crippen LogP contribution >= 0.6 is 23.2 Å². The number of phenolic OH excluding ortho intramolecular Hbond substituents is 1. The third-order valence-corrected chi connectivity index (χ3v) is 12.7. The molecule has 0 amide bonds. The zero-order chi connectivity index (χ0) is 52.1. The maximum absolute atomic E-state index is 13.2. The number of carbonyl (C=O) groups is 2. The van der Waals surface area contributed by atoms with Gasteiger partial charge in [-0.25, -0.2) is 9.97 Å². The Kier molecular flexibility index (Phi) is 16.7. The molecule has 6 aromatic rings. The van der Waals surface area contributed by atoms with Crippen LogP contribution in [-0.2, 0) is 22.4 Å². The number of methoxy groups -OCH3 is 2. The first-order valence-corrected chi connectivity index (χ1v) is 23.0. The number of hydrogen-bond acceptors (Lipinski definition) is 12. The molecule has 7 rings (SSSR count). The van der Waals surface area contributed by atoms with Gasteiger partial charge in [-0.3, -0.25) is 9.59 Å². The van der Waals surface area contributed by atoms with Gasteiger partial charge >= 0.3 is 24.4 Å². The van der Waals surface area contributed by atoms with Gasteiger partial charge in [0, 0.05) is 35.1 Å². The Morgan fingerprint density at radius 2 is 0.986 bits per heavy atom. The smallest absolute Gasteiger partial charge is 0.400 e. The number of rotatable bonds is 17. The molecule has 0 radical (unpaired) electrons. The van der Waals surface area contributed by atoms with Gasteiger partial charge in [-0.1, -0.05) is 35.3 Å². The second kappa shape index (κ2) is 21.9. The fourth-order valence-electron chi connectivity index (χ4n) is 6.82. The summed E-state index contributed by atoms with van der Waals surface area (Å²) < 4.78 is 95.5. The third kappa shape index (κ3) is 13.3. The molecule has 0 saturated heterocycles. The van der Waals surface area contributed by atoms with Crippen molar-refractivity contribution in [1.82, 2.24) is 29.9 Å². The number of aryl methyl sites for hydroxylation is 2. The van der Waals surface area contributed by atoms with E-state index >= 15 is 0 Å². The lowest BCUT2D eigenvalue weighted by atomic mass is 9.84. The monoisotopic (exact) mass is 1030 g/mol. The quantitative estimate of drug-likeness (QED) is 0.0863. The van der Waals surface area contributed by atoms with Crippen molar-refractivity contribution in [3.63, 3.8) is 0 Å². The highest BCUT2D eigenvalue weighted by Gasteiger charge is 2.52. The van der Waals surface area contributed by atoms with E-state index in [1.54, 1.807) is 48.5 Å². The number of Topliss-reactive ketones (excluding diaryl/α,β-unsaturated/α-hetero) is 2. The Hall–Kier alpha value is -6.40. The van der Waals surface area contributed by atoms with E-state index in [1.165, 1.54) is 39.2 Å². The molecule has 0 unspecified atom stereocenters. The SMILES string of the molecule is COc1nc(-c2ccc(O)cc2)nc(-c2cc(CCC(=O)C(C)(C)C(F)(F)F)ccc2Cl)n1.COc1nc(-c2ccc(O[C@@H](C)C3CC3)cc2)nc(-c2cc(CCC(=O)C(C)(C)C(F)(F)F)ccc2Cl)n1. The summed E-state index contributed by atoms with van der Waals surface area (Å²) >= 11 is 12.8. The number of ether oxygens (including phenoxy) is 3. The summed E-state index contributed by atoms with van der Waals surface area (Å²) in [5.74, 6) is 0.736. The van der Waals surface area contributed by atoms with Crippen LogP contribution in [0.1, 0.15) is 71.4 Å². The van der Waals surface area contributed by atoms with Crippen molar-refractivity contribution in [3.05, 3.63) is 106 Å². The molecule has 1 saturated carbocycles. The normalized spacial score (nSPS) is 13.5. The number of halogens is 8. The number of hydrogen-bond donors (Lipinski definition) is 1. The molecule has 1 aliphatic rings. The van der Waals surface area contributed by atoms with Crippen molar-refractivity contribution >= 4 is 34.8 Å². The lowest BCUT2D eigenvalue weighted by Crippen LogP contribution is -2.39. The Balaban J connectivity index is 0.000000235. The molecule has 376 valence electrons. The fourth-order valence-corrected chi connectivity index (χ4v) is 7.22. The number of phenols is 1. The molecule has 12 nitrogen and oxygen atoms in total. The maximum Gasteiger partial charge on any atom is 0.400 e. The van der Waals surface area contributed by atoms with Crippen molar-refractivity contribution < 1.29 is 55.2 Å². The van der Waals surface area contributed by atoms with Crippen molar-refractivity contribution in [1.29, 1.82) is 0 Å². The largest absolute Gasteiger partial charge is 0.508 e. The van der Waals surface area contributed by atoms with Crippen LogP contribution in [0.2, 0.25) is 10.0 Å². The predicted octanol–water partition coefficient (Wildman–Crippen LogP) is 12.8. The summed E-state index contributed by atoms with van der Waals surface area (Å²) in [6.07, 6.45) is -7.05. The molecule has 1 N–H and O–H groups in total. The first-order valence-electron chi connectivity index (χ1n) is 22.3. The van der Waals surface area contributed by atoms with E-state index in [0.29, 0.717) is 55.2 Å². The lowest BCUT2D eigenvalue weighted by molar-refractivity contribution is -0.211. The van der Waals surface area contributed by atoms with Gasteiger partial charge in [0.15, 0.2) is 23.3 Å². The Bertz CT molecular complexity index is 2860. The summed E-state index contributed by atoms with van der Waals surface area (Å²) in [6.45, 7) is 5.62. The highest BCUT2D eigenvalue weighted by molar-refractivity contribution is 6.33. The number of nitrogens with zero attached hydrogens (tertiary/aromatic N) is 6. The molecule has 0 aliphatic heterocycles. The predicted molar refractivity (Wildman–Crippen MR) is 255 cm³/mol. The molecule has 4 aromatic carbocycles. The van der Waals surface area contributed by atoms with Gasteiger partial charge in [-0.2, -0.15) is 46.3 Å². The summed E-state index contributed by atoms with van der Waals surface area (Å²) in [5, 5.41) is 10.2. The summed E-state index contributed by atoms with van der Waals surface area (Å²) in [7, 11) is 2.83. The van der Waals surface area contributed by atoms with Crippen LogP contribution in [0.25, 0.3) is 45.6 Å². The molecule has 20 heteroatoms. The number of aromatic nitrogens is 6. The molecule has 2 heterocycles. The highest BCUT2D eigenvalue weighted by atomic mass is 35.5. The molecule has 0 spiro atoms. The zero-order valence-electron chi connectivity index (χ0n) is 39.7.